The zero-order valence-corrected chi connectivity index (χ0v) is 14.5. The maximum Gasteiger partial charge on any atom is 0.336 e. The Labute approximate surface area is 155 Å². The maximum atomic E-state index is 11.9. The molecular formula is C21H15NO5. The van der Waals surface area contributed by atoms with Gasteiger partial charge in [0.25, 0.3) is 0 Å². The van der Waals surface area contributed by atoms with Crippen molar-refractivity contribution in [3.63, 3.8) is 0 Å². The number of ether oxygens (including phenoxy) is 3. The molecule has 0 saturated carbocycles. The number of benzene rings is 3. The van der Waals surface area contributed by atoms with Gasteiger partial charge in [0, 0.05) is 5.39 Å². The number of carbonyl (C=O) groups is 1. The van der Waals surface area contributed by atoms with Crippen LogP contribution in [-0.2, 0) is 6.42 Å². The third kappa shape index (κ3) is 2.70. The second-order valence-electron chi connectivity index (χ2n) is 6.04. The van der Waals surface area contributed by atoms with Crippen molar-refractivity contribution in [2.24, 2.45) is 0 Å². The highest BCUT2D eigenvalue weighted by molar-refractivity contribution is 6.09. The monoisotopic (exact) mass is 361 g/mol. The van der Waals surface area contributed by atoms with E-state index in [1.807, 2.05) is 12.1 Å². The van der Waals surface area contributed by atoms with E-state index < -0.39 is 5.97 Å². The number of hydrogen-bond donors (Lipinski definition) is 1. The standard InChI is InChI=1S/C21H15NO5/c1-25-14-5-2-12(3-6-14)18-15(8-9-22)16(21(23)24)10-13-4-7-17-20(19(13)18)27-11-26-17/h2-7,10H,8,11H2,1H3,(H,23,24). The fourth-order valence-corrected chi connectivity index (χ4v) is 3.42. The number of rotatable bonds is 4. The summed E-state index contributed by atoms with van der Waals surface area (Å²) in [5.41, 5.74) is 2.00. The lowest BCUT2D eigenvalue weighted by Crippen LogP contribution is -2.05. The first-order chi connectivity index (χ1) is 13.1. The highest BCUT2D eigenvalue weighted by Gasteiger charge is 2.25. The molecule has 1 N–H and O–H groups in total. The third-order valence-electron chi connectivity index (χ3n) is 4.61. The minimum Gasteiger partial charge on any atom is -0.497 e. The van der Waals surface area contributed by atoms with E-state index in [0.717, 1.165) is 10.9 Å². The van der Waals surface area contributed by atoms with Crippen molar-refractivity contribution in [3.05, 3.63) is 53.6 Å². The summed E-state index contributed by atoms with van der Waals surface area (Å²) in [5.74, 6) is 0.774. The van der Waals surface area contributed by atoms with Gasteiger partial charge in [0.1, 0.15) is 5.75 Å². The van der Waals surface area contributed by atoms with Gasteiger partial charge in [-0.05, 0) is 46.3 Å². The Kier molecular flexibility index (Phi) is 4.05. The van der Waals surface area contributed by atoms with Crippen molar-refractivity contribution in [2.45, 2.75) is 6.42 Å². The fourth-order valence-electron chi connectivity index (χ4n) is 3.42. The maximum absolute atomic E-state index is 11.9. The summed E-state index contributed by atoms with van der Waals surface area (Å²) in [6.07, 6.45) is -0.0382. The van der Waals surface area contributed by atoms with E-state index in [1.165, 1.54) is 0 Å². The fraction of sp³-hybridized carbons (Fsp3) is 0.143. The van der Waals surface area contributed by atoms with E-state index in [-0.39, 0.29) is 18.8 Å². The molecule has 0 atom stereocenters. The topological polar surface area (TPSA) is 88.8 Å². The lowest BCUT2D eigenvalue weighted by atomic mass is 9.87. The molecule has 1 aliphatic rings. The van der Waals surface area contributed by atoms with Gasteiger partial charge in [0.05, 0.1) is 25.2 Å². The summed E-state index contributed by atoms with van der Waals surface area (Å²) in [5, 5.41) is 20.5. The number of fused-ring (bicyclic) bond motifs is 3. The first-order valence-electron chi connectivity index (χ1n) is 8.27. The van der Waals surface area contributed by atoms with Gasteiger partial charge in [-0.3, -0.25) is 0 Å². The van der Waals surface area contributed by atoms with Crippen LogP contribution in [0.2, 0.25) is 0 Å². The van der Waals surface area contributed by atoms with E-state index in [9.17, 15) is 15.2 Å². The number of nitriles is 1. The van der Waals surface area contributed by atoms with Gasteiger partial charge in [0.15, 0.2) is 11.5 Å². The predicted molar refractivity (Wildman–Crippen MR) is 98.3 cm³/mol. The first kappa shape index (κ1) is 16.7. The van der Waals surface area contributed by atoms with Crippen LogP contribution in [0.25, 0.3) is 21.9 Å². The number of aromatic carboxylic acids is 1. The molecule has 0 fully saturated rings. The van der Waals surface area contributed by atoms with Crippen molar-refractivity contribution in [1.82, 2.24) is 0 Å². The number of hydrogen-bond acceptors (Lipinski definition) is 5. The molecule has 0 aromatic heterocycles. The van der Waals surface area contributed by atoms with Crippen LogP contribution < -0.4 is 14.2 Å². The molecule has 3 aromatic rings. The summed E-state index contributed by atoms with van der Waals surface area (Å²) < 4.78 is 16.4. The van der Waals surface area contributed by atoms with Crippen molar-refractivity contribution in [1.29, 1.82) is 5.26 Å². The summed E-state index contributed by atoms with van der Waals surface area (Å²) in [4.78, 5) is 11.9. The highest BCUT2D eigenvalue weighted by atomic mass is 16.7. The molecule has 0 amide bonds. The van der Waals surface area contributed by atoms with Crippen molar-refractivity contribution in [3.8, 4) is 34.4 Å². The number of carboxylic acids is 1. The number of methoxy groups -OCH3 is 1. The Bertz CT molecular complexity index is 1100. The molecule has 1 aliphatic heterocycles. The molecule has 0 bridgehead atoms. The Balaban J connectivity index is 2.13. The molecule has 134 valence electrons. The van der Waals surface area contributed by atoms with Gasteiger partial charge in [-0.15, -0.1) is 0 Å². The second kappa shape index (κ2) is 6.54. The van der Waals surface area contributed by atoms with Crippen LogP contribution >= 0.6 is 0 Å². The van der Waals surface area contributed by atoms with Crippen LogP contribution in [0.4, 0.5) is 0 Å². The van der Waals surface area contributed by atoms with E-state index >= 15 is 0 Å². The molecule has 3 aromatic carbocycles. The van der Waals surface area contributed by atoms with E-state index in [1.54, 1.807) is 37.4 Å². The molecule has 0 unspecified atom stereocenters. The SMILES string of the molecule is COc1ccc(-c2c(CC#N)c(C(=O)O)cc3ccc4c(c23)OCO4)cc1. The number of nitrogens with zero attached hydrogens (tertiary/aromatic N) is 1. The molecule has 1 heterocycles. The third-order valence-corrected chi connectivity index (χ3v) is 4.61. The number of carboxylic acid groups (broad SMARTS) is 1. The Morgan fingerprint density at radius 2 is 2.00 bits per heavy atom. The van der Waals surface area contributed by atoms with Gasteiger partial charge in [-0.25, -0.2) is 4.79 Å². The van der Waals surface area contributed by atoms with Crippen LogP contribution in [0.3, 0.4) is 0 Å². The van der Waals surface area contributed by atoms with Gasteiger partial charge < -0.3 is 19.3 Å². The van der Waals surface area contributed by atoms with Crippen LogP contribution in [0, 0.1) is 11.3 Å². The second-order valence-corrected chi connectivity index (χ2v) is 6.04. The van der Waals surface area contributed by atoms with Crippen molar-refractivity contribution in [2.75, 3.05) is 13.9 Å². The lowest BCUT2D eigenvalue weighted by Gasteiger charge is -2.16. The smallest absolute Gasteiger partial charge is 0.336 e. The molecule has 6 heteroatoms. The molecule has 0 radical (unpaired) electrons. The van der Waals surface area contributed by atoms with Gasteiger partial charge in [-0.2, -0.15) is 5.26 Å². The minimum absolute atomic E-state index is 0.0382. The Morgan fingerprint density at radius 1 is 1.22 bits per heavy atom. The van der Waals surface area contributed by atoms with Crippen LogP contribution in [0.15, 0.2) is 42.5 Å². The molecule has 6 nitrogen and oxygen atoms in total. The van der Waals surface area contributed by atoms with Gasteiger partial charge in [-0.1, -0.05) is 18.2 Å². The average molecular weight is 361 g/mol. The minimum atomic E-state index is -1.07. The van der Waals surface area contributed by atoms with E-state index in [4.69, 9.17) is 14.2 Å². The highest BCUT2D eigenvalue weighted by Crippen LogP contribution is 2.46. The zero-order chi connectivity index (χ0) is 19.0. The van der Waals surface area contributed by atoms with E-state index in [2.05, 4.69) is 6.07 Å². The summed E-state index contributed by atoms with van der Waals surface area (Å²) >= 11 is 0. The molecule has 0 aliphatic carbocycles. The zero-order valence-electron chi connectivity index (χ0n) is 14.5. The van der Waals surface area contributed by atoms with Crippen molar-refractivity contribution >= 4 is 16.7 Å². The lowest BCUT2D eigenvalue weighted by molar-refractivity contribution is 0.0696. The normalized spacial score (nSPS) is 12.0. The molecule has 27 heavy (non-hydrogen) atoms. The van der Waals surface area contributed by atoms with Crippen LogP contribution in [0.1, 0.15) is 15.9 Å². The molecule has 0 saturated heterocycles. The van der Waals surface area contributed by atoms with Gasteiger partial charge in [0.2, 0.25) is 6.79 Å². The Morgan fingerprint density at radius 3 is 2.67 bits per heavy atom. The molecular weight excluding hydrogens is 346 g/mol. The molecule has 0 spiro atoms. The summed E-state index contributed by atoms with van der Waals surface area (Å²) in [7, 11) is 1.58. The quantitative estimate of drug-likeness (QED) is 0.755. The molecule has 4 rings (SSSR count). The first-order valence-corrected chi connectivity index (χ1v) is 8.27. The van der Waals surface area contributed by atoms with Crippen LogP contribution in [0.5, 0.6) is 17.2 Å². The Hall–Kier alpha value is -3.72. The van der Waals surface area contributed by atoms with E-state index in [0.29, 0.717) is 33.8 Å². The largest absolute Gasteiger partial charge is 0.497 e. The van der Waals surface area contributed by atoms with Crippen LogP contribution in [-0.4, -0.2) is 25.0 Å². The summed E-state index contributed by atoms with van der Waals surface area (Å²) in [6, 6.07) is 14.5. The predicted octanol–water partition coefficient (Wildman–Crippen LogP) is 4.01. The van der Waals surface area contributed by atoms with Crippen molar-refractivity contribution < 1.29 is 24.1 Å². The average Bonchev–Trinajstić information content (AvgIpc) is 3.16. The summed E-state index contributed by atoms with van der Waals surface area (Å²) in [6.45, 7) is 0.102. The van der Waals surface area contributed by atoms with Gasteiger partial charge >= 0.3 is 5.97 Å².